The van der Waals surface area contributed by atoms with Crippen LogP contribution in [0.2, 0.25) is 0 Å². The minimum absolute atomic E-state index is 0.000772. The smallest absolute Gasteiger partial charge is 0.240 e. The second-order valence-electron chi connectivity index (χ2n) is 5.26. The molecule has 8 nitrogen and oxygen atoms in total. The van der Waals surface area contributed by atoms with Crippen LogP contribution in [0.5, 0.6) is 5.75 Å². The van der Waals surface area contributed by atoms with E-state index in [1.807, 2.05) is 6.92 Å². The maximum Gasteiger partial charge on any atom is 0.240 e. The maximum atomic E-state index is 12.2. The molecule has 2 rings (SSSR count). The Bertz CT molecular complexity index is 799. The van der Waals surface area contributed by atoms with Gasteiger partial charge in [-0.2, -0.15) is 0 Å². The lowest BCUT2D eigenvalue weighted by atomic mass is 10.3. The number of carbonyl (C=O) groups is 1. The monoisotopic (exact) mass is 367 g/mol. The highest BCUT2D eigenvalue weighted by Crippen LogP contribution is 2.15. The third kappa shape index (κ3) is 5.87. The number of nitrogens with one attached hydrogen (secondary N) is 2. The van der Waals surface area contributed by atoms with Gasteiger partial charge in [0.15, 0.2) is 0 Å². The minimum Gasteiger partial charge on any atom is -0.494 e. The van der Waals surface area contributed by atoms with Gasteiger partial charge in [-0.05, 0) is 38.1 Å². The van der Waals surface area contributed by atoms with Gasteiger partial charge in [0.05, 0.1) is 18.0 Å². The average molecular weight is 367 g/mol. The summed E-state index contributed by atoms with van der Waals surface area (Å²) in [6, 6.07) is 7.81. The zero-order chi connectivity index (χ0) is 18.3. The van der Waals surface area contributed by atoms with Crippen molar-refractivity contribution in [3.05, 3.63) is 41.8 Å². The third-order valence-corrected chi connectivity index (χ3v) is 4.71. The fourth-order valence-corrected chi connectivity index (χ4v) is 3.07. The van der Waals surface area contributed by atoms with Crippen molar-refractivity contribution in [2.24, 2.45) is 0 Å². The molecule has 0 atom stereocenters. The van der Waals surface area contributed by atoms with Crippen LogP contribution in [0.15, 0.2) is 39.8 Å². The van der Waals surface area contributed by atoms with Gasteiger partial charge in [0.1, 0.15) is 17.2 Å². The number of aromatic nitrogens is 1. The molecule has 1 aromatic carbocycles. The fourth-order valence-electron chi connectivity index (χ4n) is 2.04. The minimum atomic E-state index is -3.66. The maximum absolute atomic E-state index is 12.2. The molecular weight excluding hydrogens is 346 g/mol. The Morgan fingerprint density at radius 3 is 2.60 bits per heavy atom. The van der Waals surface area contributed by atoms with Crippen LogP contribution in [0.25, 0.3) is 0 Å². The number of aryl methyl sites for hydroxylation is 1. The zero-order valence-electron chi connectivity index (χ0n) is 14.1. The van der Waals surface area contributed by atoms with E-state index in [4.69, 9.17) is 9.26 Å². The van der Waals surface area contributed by atoms with E-state index >= 15 is 0 Å². The fraction of sp³-hybridized carbons (Fsp3) is 0.375. The summed E-state index contributed by atoms with van der Waals surface area (Å²) in [6.45, 7) is 4.35. The molecule has 0 saturated heterocycles. The quantitative estimate of drug-likeness (QED) is 0.692. The van der Waals surface area contributed by atoms with Gasteiger partial charge in [0.25, 0.3) is 0 Å². The van der Waals surface area contributed by atoms with Crippen LogP contribution >= 0.6 is 0 Å². The summed E-state index contributed by atoms with van der Waals surface area (Å²) in [7, 11) is -3.66. The first-order valence-corrected chi connectivity index (χ1v) is 9.30. The molecule has 136 valence electrons. The van der Waals surface area contributed by atoms with Crippen molar-refractivity contribution in [3.8, 4) is 5.75 Å². The number of ether oxygens (including phenoxy) is 1. The van der Waals surface area contributed by atoms with Gasteiger partial charge in [-0.25, -0.2) is 13.1 Å². The van der Waals surface area contributed by atoms with Crippen molar-refractivity contribution in [3.63, 3.8) is 0 Å². The summed E-state index contributed by atoms with van der Waals surface area (Å²) in [5.74, 6) is 0.978. The Morgan fingerprint density at radius 1 is 1.28 bits per heavy atom. The molecule has 0 aliphatic carbocycles. The number of amides is 1. The third-order valence-electron chi connectivity index (χ3n) is 3.23. The van der Waals surface area contributed by atoms with E-state index in [0.29, 0.717) is 23.8 Å². The summed E-state index contributed by atoms with van der Waals surface area (Å²) in [5, 5.41) is 6.40. The predicted octanol–water partition coefficient (Wildman–Crippen LogP) is 1.37. The first-order chi connectivity index (χ1) is 11.9. The van der Waals surface area contributed by atoms with Crippen LogP contribution < -0.4 is 14.8 Å². The molecule has 0 bridgehead atoms. The highest BCUT2D eigenvalue weighted by molar-refractivity contribution is 7.89. The van der Waals surface area contributed by atoms with E-state index in [1.54, 1.807) is 25.1 Å². The molecule has 2 N–H and O–H groups in total. The number of hydrogen-bond acceptors (Lipinski definition) is 6. The van der Waals surface area contributed by atoms with Crippen molar-refractivity contribution in [2.45, 2.75) is 31.7 Å². The number of sulfonamides is 1. The Kier molecular flexibility index (Phi) is 6.54. The zero-order valence-corrected chi connectivity index (χ0v) is 14.9. The molecule has 25 heavy (non-hydrogen) atoms. The van der Waals surface area contributed by atoms with Gasteiger partial charge in [0.2, 0.25) is 15.9 Å². The van der Waals surface area contributed by atoms with Gasteiger partial charge in [-0.3, -0.25) is 4.79 Å². The highest BCUT2D eigenvalue weighted by atomic mass is 32.2. The number of benzene rings is 1. The first kappa shape index (κ1) is 18.9. The Morgan fingerprint density at radius 2 is 2.00 bits per heavy atom. The Labute approximate surface area is 146 Å². The molecule has 2 aromatic rings. The van der Waals surface area contributed by atoms with Crippen molar-refractivity contribution in [2.75, 3.05) is 13.2 Å². The van der Waals surface area contributed by atoms with Crippen molar-refractivity contribution < 1.29 is 22.5 Å². The van der Waals surface area contributed by atoms with Gasteiger partial charge >= 0.3 is 0 Å². The van der Waals surface area contributed by atoms with Crippen LogP contribution in [0.4, 0.5) is 0 Å². The first-order valence-electron chi connectivity index (χ1n) is 7.82. The number of hydrogen-bond donors (Lipinski definition) is 2. The topological polar surface area (TPSA) is 111 Å². The molecule has 1 aromatic heterocycles. The molecule has 1 amide bonds. The van der Waals surface area contributed by atoms with Gasteiger partial charge in [-0.1, -0.05) is 5.16 Å². The predicted molar refractivity (Wildman–Crippen MR) is 90.5 cm³/mol. The lowest BCUT2D eigenvalue weighted by Crippen LogP contribution is -2.30. The van der Waals surface area contributed by atoms with Gasteiger partial charge in [0, 0.05) is 19.0 Å². The van der Waals surface area contributed by atoms with Crippen molar-refractivity contribution in [1.29, 1.82) is 0 Å². The number of nitrogens with zero attached hydrogens (tertiary/aromatic N) is 1. The van der Waals surface area contributed by atoms with E-state index in [2.05, 4.69) is 15.2 Å². The van der Waals surface area contributed by atoms with Crippen LogP contribution in [-0.2, 0) is 21.4 Å². The summed E-state index contributed by atoms with van der Waals surface area (Å²) >= 11 is 0. The molecule has 0 spiro atoms. The normalized spacial score (nSPS) is 11.3. The van der Waals surface area contributed by atoms with Crippen LogP contribution in [0.1, 0.15) is 24.8 Å². The van der Waals surface area contributed by atoms with E-state index in [-0.39, 0.29) is 30.3 Å². The summed E-state index contributed by atoms with van der Waals surface area (Å²) < 4.78 is 36.9. The van der Waals surface area contributed by atoms with Gasteiger partial charge in [-0.15, -0.1) is 0 Å². The average Bonchev–Trinajstić information content (AvgIpc) is 2.99. The molecule has 0 radical (unpaired) electrons. The molecule has 0 aliphatic rings. The van der Waals surface area contributed by atoms with E-state index in [0.717, 1.165) is 0 Å². The molecule has 9 heteroatoms. The number of carbonyl (C=O) groups excluding carboxylic acids is 1. The van der Waals surface area contributed by atoms with Crippen molar-refractivity contribution >= 4 is 15.9 Å². The molecule has 1 heterocycles. The van der Waals surface area contributed by atoms with E-state index in [9.17, 15) is 13.2 Å². The van der Waals surface area contributed by atoms with Crippen LogP contribution in [-0.4, -0.2) is 32.6 Å². The number of rotatable bonds is 9. The molecule has 0 aliphatic heterocycles. The largest absolute Gasteiger partial charge is 0.494 e. The summed E-state index contributed by atoms with van der Waals surface area (Å²) in [6.07, 6.45) is 0.0209. The standard InChI is InChI=1S/C16H21N3O5S/c1-3-23-14-4-6-15(7-5-14)25(21,22)18-9-8-16(20)17-11-13-10-12(2)24-19-13/h4-7,10,18H,3,8-9,11H2,1-2H3,(H,17,20). The van der Waals surface area contributed by atoms with Crippen LogP contribution in [0.3, 0.4) is 0 Å². The Hall–Kier alpha value is -2.39. The molecule has 0 unspecified atom stereocenters. The second-order valence-corrected chi connectivity index (χ2v) is 7.02. The molecule has 0 fully saturated rings. The molecule has 0 saturated carbocycles. The highest BCUT2D eigenvalue weighted by Gasteiger charge is 2.14. The second kappa shape index (κ2) is 8.63. The lowest BCUT2D eigenvalue weighted by Gasteiger charge is -2.08. The SMILES string of the molecule is CCOc1ccc(S(=O)(=O)NCCC(=O)NCc2cc(C)on2)cc1. The Balaban J connectivity index is 1.78. The van der Waals surface area contributed by atoms with Crippen LogP contribution in [0, 0.1) is 6.92 Å². The lowest BCUT2D eigenvalue weighted by molar-refractivity contribution is -0.121. The summed E-state index contributed by atoms with van der Waals surface area (Å²) in [5.41, 5.74) is 0.612. The van der Waals surface area contributed by atoms with E-state index in [1.165, 1.54) is 12.1 Å². The van der Waals surface area contributed by atoms with Gasteiger partial charge < -0.3 is 14.6 Å². The van der Waals surface area contributed by atoms with Crippen molar-refractivity contribution in [1.82, 2.24) is 15.2 Å². The molecular formula is C16H21N3O5S. The van der Waals surface area contributed by atoms with E-state index < -0.39 is 10.0 Å². The summed E-state index contributed by atoms with van der Waals surface area (Å²) in [4.78, 5) is 11.9.